The number of halogens is 1. The molecular weight excluding hydrogens is 386 g/mol. The Balaban J connectivity index is 1.54. The van der Waals surface area contributed by atoms with E-state index in [-0.39, 0.29) is 5.91 Å². The van der Waals surface area contributed by atoms with Crippen LogP contribution in [0.25, 0.3) is 5.69 Å². The summed E-state index contributed by atoms with van der Waals surface area (Å²) in [6, 6.07) is 12.6. The maximum absolute atomic E-state index is 12.5. The number of benzene rings is 2. The van der Waals surface area contributed by atoms with E-state index >= 15 is 0 Å². The number of aromatic nitrogens is 2. The van der Waals surface area contributed by atoms with Gasteiger partial charge in [0.05, 0.1) is 11.4 Å². The van der Waals surface area contributed by atoms with E-state index in [0.29, 0.717) is 36.0 Å². The Bertz CT molecular complexity index is 908. The van der Waals surface area contributed by atoms with Gasteiger partial charge in [-0.15, -0.1) is 0 Å². The molecule has 0 saturated heterocycles. The monoisotopic (exact) mass is 399 g/mol. The third-order valence-corrected chi connectivity index (χ3v) is 4.43. The van der Waals surface area contributed by atoms with Crippen molar-refractivity contribution in [3.8, 4) is 17.2 Å². The van der Waals surface area contributed by atoms with Gasteiger partial charge in [-0.25, -0.2) is 4.68 Å². The lowest BCUT2D eigenvalue weighted by Gasteiger charge is -2.20. The molecule has 1 aliphatic rings. The quantitative estimate of drug-likeness (QED) is 0.729. The molecule has 7 heteroatoms. The number of fused-ring (bicyclic) bond motifs is 1. The number of carbonyl (C=O) groups excluding carboxylic acids is 1. The number of hydrogen-bond donors (Lipinski definition) is 1. The lowest BCUT2D eigenvalue weighted by Crippen LogP contribution is -2.17. The Morgan fingerprint density at radius 2 is 1.84 bits per heavy atom. The summed E-state index contributed by atoms with van der Waals surface area (Å²) in [6.07, 6.45) is 3.56. The lowest BCUT2D eigenvalue weighted by atomic mass is 10.2. The minimum Gasteiger partial charge on any atom is -0.486 e. The smallest absolute Gasteiger partial charge is 0.255 e. The molecule has 0 bridgehead atoms. The second-order valence-corrected chi connectivity index (χ2v) is 6.28. The van der Waals surface area contributed by atoms with Gasteiger partial charge in [-0.2, -0.15) is 5.10 Å². The highest BCUT2D eigenvalue weighted by Crippen LogP contribution is 2.38. The van der Waals surface area contributed by atoms with Gasteiger partial charge in [0.1, 0.15) is 13.2 Å². The molecule has 0 spiro atoms. The van der Waals surface area contributed by atoms with E-state index in [1.807, 2.05) is 24.4 Å². The average Bonchev–Trinajstić information content (AvgIpc) is 3.17. The number of ether oxygens (including phenoxy) is 2. The second kappa shape index (κ2) is 6.60. The second-order valence-electron chi connectivity index (χ2n) is 5.43. The fraction of sp³-hybridized carbons (Fsp3) is 0.111. The highest BCUT2D eigenvalue weighted by atomic mass is 79.9. The summed E-state index contributed by atoms with van der Waals surface area (Å²) in [4.78, 5) is 12.5. The molecule has 2 aromatic carbocycles. The number of amides is 1. The molecule has 1 amide bonds. The zero-order valence-electron chi connectivity index (χ0n) is 13.1. The Labute approximate surface area is 152 Å². The minimum absolute atomic E-state index is 0.204. The van der Waals surface area contributed by atoms with Crippen LogP contribution in [-0.2, 0) is 0 Å². The fourth-order valence-corrected chi connectivity index (χ4v) is 2.96. The van der Waals surface area contributed by atoms with Crippen molar-refractivity contribution in [3.05, 3.63) is 64.9 Å². The average molecular weight is 400 g/mol. The van der Waals surface area contributed by atoms with Crippen LogP contribution in [0.4, 0.5) is 5.69 Å². The van der Waals surface area contributed by atoms with Crippen LogP contribution in [-0.4, -0.2) is 28.9 Å². The van der Waals surface area contributed by atoms with Gasteiger partial charge in [-0.1, -0.05) is 0 Å². The SMILES string of the molecule is O=C(Nc1cc2c(cc1Br)OCCO2)c1ccc(-n2cccn2)cc1. The Morgan fingerprint density at radius 1 is 1.12 bits per heavy atom. The Kier molecular flexibility index (Phi) is 4.15. The van der Waals surface area contributed by atoms with E-state index in [4.69, 9.17) is 9.47 Å². The highest BCUT2D eigenvalue weighted by molar-refractivity contribution is 9.10. The van der Waals surface area contributed by atoms with Crippen LogP contribution in [0.15, 0.2) is 59.3 Å². The van der Waals surface area contributed by atoms with Crippen molar-refractivity contribution in [1.82, 2.24) is 9.78 Å². The van der Waals surface area contributed by atoms with Crippen molar-refractivity contribution < 1.29 is 14.3 Å². The van der Waals surface area contributed by atoms with Gasteiger partial charge in [0, 0.05) is 34.6 Å². The first-order chi connectivity index (χ1) is 12.2. The van der Waals surface area contributed by atoms with Crippen molar-refractivity contribution in [1.29, 1.82) is 0 Å². The number of hydrogen-bond acceptors (Lipinski definition) is 4. The van der Waals surface area contributed by atoms with Crippen molar-refractivity contribution in [2.75, 3.05) is 18.5 Å². The summed E-state index contributed by atoms with van der Waals surface area (Å²) in [6.45, 7) is 1.02. The van der Waals surface area contributed by atoms with Crippen LogP contribution < -0.4 is 14.8 Å². The number of nitrogens with zero attached hydrogens (tertiary/aromatic N) is 2. The summed E-state index contributed by atoms with van der Waals surface area (Å²) in [5.74, 6) is 1.09. The van der Waals surface area contributed by atoms with Gasteiger partial charge < -0.3 is 14.8 Å². The van der Waals surface area contributed by atoms with E-state index in [0.717, 1.165) is 10.2 Å². The summed E-state index contributed by atoms with van der Waals surface area (Å²) in [5, 5.41) is 7.05. The summed E-state index contributed by atoms with van der Waals surface area (Å²) in [7, 11) is 0. The largest absolute Gasteiger partial charge is 0.486 e. The molecule has 3 aromatic rings. The maximum atomic E-state index is 12.5. The first-order valence-corrected chi connectivity index (χ1v) is 8.50. The van der Waals surface area contributed by atoms with Crippen LogP contribution in [0.3, 0.4) is 0 Å². The summed E-state index contributed by atoms with van der Waals surface area (Å²) >= 11 is 3.45. The topological polar surface area (TPSA) is 65.4 Å². The predicted molar refractivity (Wildman–Crippen MR) is 96.6 cm³/mol. The van der Waals surface area contributed by atoms with Gasteiger partial charge in [-0.05, 0) is 46.3 Å². The summed E-state index contributed by atoms with van der Waals surface area (Å²) < 4.78 is 13.5. The zero-order chi connectivity index (χ0) is 17.2. The van der Waals surface area contributed by atoms with Crippen LogP contribution in [0.1, 0.15) is 10.4 Å². The Morgan fingerprint density at radius 3 is 2.52 bits per heavy atom. The summed E-state index contributed by atoms with van der Waals surface area (Å²) in [5.41, 5.74) is 2.07. The van der Waals surface area contributed by atoms with Crippen molar-refractivity contribution in [2.45, 2.75) is 0 Å². The molecule has 0 atom stereocenters. The van der Waals surface area contributed by atoms with E-state index in [9.17, 15) is 4.79 Å². The van der Waals surface area contributed by atoms with E-state index in [1.54, 1.807) is 35.1 Å². The molecule has 1 aromatic heterocycles. The van der Waals surface area contributed by atoms with Gasteiger partial charge in [-0.3, -0.25) is 4.79 Å². The van der Waals surface area contributed by atoms with Gasteiger partial charge in [0.25, 0.3) is 5.91 Å². The third kappa shape index (κ3) is 3.23. The van der Waals surface area contributed by atoms with Crippen molar-refractivity contribution in [2.24, 2.45) is 0 Å². The molecule has 0 fully saturated rings. The zero-order valence-corrected chi connectivity index (χ0v) is 14.7. The molecule has 4 rings (SSSR count). The molecule has 0 saturated carbocycles. The molecule has 0 radical (unpaired) electrons. The first kappa shape index (κ1) is 15.7. The third-order valence-electron chi connectivity index (χ3n) is 3.78. The lowest BCUT2D eigenvalue weighted by molar-refractivity contribution is 0.102. The van der Waals surface area contributed by atoms with Crippen LogP contribution in [0.5, 0.6) is 11.5 Å². The molecule has 2 heterocycles. The van der Waals surface area contributed by atoms with Gasteiger partial charge in [0.15, 0.2) is 11.5 Å². The van der Waals surface area contributed by atoms with Gasteiger partial charge in [0.2, 0.25) is 0 Å². The molecule has 1 N–H and O–H groups in total. The molecule has 25 heavy (non-hydrogen) atoms. The van der Waals surface area contributed by atoms with Crippen LogP contribution in [0, 0.1) is 0 Å². The first-order valence-electron chi connectivity index (χ1n) is 7.71. The molecule has 1 aliphatic heterocycles. The minimum atomic E-state index is -0.204. The van der Waals surface area contributed by atoms with Gasteiger partial charge >= 0.3 is 0 Å². The number of anilines is 1. The molecule has 126 valence electrons. The molecule has 6 nitrogen and oxygen atoms in total. The number of carbonyl (C=O) groups is 1. The molecule has 0 aliphatic carbocycles. The van der Waals surface area contributed by atoms with E-state index in [1.165, 1.54) is 0 Å². The fourth-order valence-electron chi connectivity index (χ4n) is 2.54. The van der Waals surface area contributed by atoms with Crippen LogP contribution >= 0.6 is 15.9 Å². The molecule has 0 unspecified atom stereocenters. The van der Waals surface area contributed by atoms with Crippen molar-refractivity contribution >= 4 is 27.5 Å². The van der Waals surface area contributed by atoms with E-state index in [2.05, 4.69) is 26.3 Å². The Hall–Kier alpha value is -2.80. The normalized spacial score (nSPS) is 12.7. The van der Waals surface area contributed by atoms with E-state index < -0.39 is 0 Å². The highest BCUT2D eigenvalue weighted by Gasteiger charge is 2.16. The van der Waals surface area contributed by atoms with Crippen molar-refractivity contribution in [3.63, 3.8) is 0 Å². The molecular formula is C18H14BrN3O3. The predicted octanol–water partition coefficient (Wildman–Crippen LogP) is 3.66. The van der Waals surface area contributed by atoms with Crippen LogP contribution in [0.2, 0.25) is 0 Å². The maximum Gasteiger partial charge on any atom is 0.255 e. The number of rotatable bonds is 3. The number of nitrogens with one attached hydrogen (secondary N) is 1. The standard InChI is InChI=1S/C18H14BrN3O3/c19-14-10-16-17(25-9-8-24-16)11-15(14)21-18(23)12-2-4-13(5-3-12)22-7-1-6-20-22/h1-7,10-11H,8-9H2,(H,21,23).